The highest BCUT2D eigenvalue weighted by Gasteiger charge is 2.38. The Kier molecular flexibility index (Phi) is 7.37. The van der Waals surface area contributed by atoms with Crippen LogP contribution in [-0.4, -0.2) is 65.6 Å². The summed E-state index contributed by atoms with van der Waals surface area (Å²) in [6.45, 7) is 4.35. The number of nitriles is 1. The second-order valence-electron chi connectivity index (χ2n) is 9.22. The van der Waals surface area contributed by atoms with Crippen LogP contribution in [0.5, 0.6) is 0 Å². The number of amides is 1. The SMILES string of the molecule is CSN1CCN(C(=O)c2cnc3ccccc3c2N2CCC(C#N)(c3ccc(SF)cc3)CC2)CC1. The standard InChI is InChI=1S/C27H28FN5OS2/c1-35-33-16-14-32(15-17-33)26(34)23-18-30-24-5-3-2-4-22(24)25(23)31-12-10-27(19-29,11-13-31)20-6-8-21(36-28)9-7-20/h2-9,18H,10-17H2,1H3. The molecule has 36 heavy (non-hydrogen) atoms. The van der Waals surface area contributed by atoms with Gasteiger partial charge in [-0.1, -0.05) is 42.3 Å². The summed E-state index contributed by atoms with van der Waals surface area (Å²) in [7, 11) is 0. The van der Waals surface area contributed by atoms with E-state index in [-0.39, 0.29) is 18.1 Å². The van der Waals surface area contributed by atoms with Crippen molar-refractivity contribution in [1.82, 2.24) is 14.2 Å². The van der Waals surface area contributed by atoms with E-state index in [4.69, 9.17) is 0 Å². The summed E-state index contributed by atoms with van der Waals surface area (Å²) in [5, 5.41) is 11.1. The van der Waals surface area contributed by atoms with E-state index in [1.54, 1.807) is 30.3 Å². The Balaban J connectivity index is 1.45. The first-order valence-electron chi connectivity index (χ1n) is 12.1. The number of rotatable bonds is 5. The zero-order valence-corrected chi connectivity index (χ0v) is 21.8. The number of hydrogen-bond donors (Lipinski definition) is 0. The van der Waals surface area contributed by atoms with E-state index >= 15 is 0 Å². The summed E-state index contributed by atoms with van der Waals surface area (Å²) in [4.78, 5) is 23.0. The second-order valence-corrected chi connectivity index (χ2v) is 10.7. The highest BCUT2D eigenvalue weighted by molar-refractivity contribution is 7.96. The summed E-state index contributed by atoms with van der Waals surface area (Å²) in [5.74, 6) is 0.0143. The highest BCUT2D eigenvalue weighted by Crippen LogP contribution is 2.40. The zero-order valence-electron chi connectivity index (χ0n) is 20.2. The van der Waals surface area contributed by atoms with Crippen LogP contribution < -0.4 is 4.90 Å². The molecular weight excluding hydrogens is 493 g/mol. The zero-order chi connectivity index (χ0) is 25.1. The Bertz CT molecular complexity index is 1280. The van der Waals surface area contributed by atoms with Crippen molar-refractivity contribution in [3.8, 4) is 6.07 Å². The summed E-state index contributed by atoms with van der Waals surface area (Å²) in [6, 6.07) is 17.7. The van der Waals surface area contributed by atoms with Gasteiger partial charge in [0, 0.05) is 55.7 Å². The number of nitrogens with zero attached hydrogens (tertiary/aromatic N) is 5. The van der Waals surface area contributed by atoms with Gasteiger partial charge in [0.15, 0.2) is 0 Å². The normalized spacial score (nSPS) is 18.2. The number of hydrogen-bond acceptors (Lipinski definition) is 7. The molecule has 3 aromatic rings. The van der Waals surface area contributed by atoms with E-state index in [1.165, 1.54) is 0 Å². The fraction of sp³-hybridized carbons (Fsp3) is 0.370. The minimum Gasteiger partial charge on any atom is -0.370 e. The lowest BCUT2D eigenvalue weighted by Gasteiger charge is -2.40. The lowest BCUT2D eigenvalue weighted by molar-refractivity contribution is 0.0704. The number of piperidine rings is 1. The predicted octanol–water partition coefficient (Wildman–Crippen LogP) is 5.31. The smallest absolute Gasteiger partial charge is 0.257 e. The topological polar surface area (TPSA) is 63.5 Å². The Labute approximate surface area is 219 Å². The molecule has 1 amide bonds. The number of anilines is 1. The van der Waals surface area contributed by atoms with E-state index in [0.717, 1.165) is 35.2 Å². The maximum atomic E-state index is 13.7. The molecule has 0 N–H and O–H groups in total. The van der Waals surface area contributed by atoms with Crippen LogP contribution in [0, 0.1) is 11.3 Å². The van der Waals surface area contributed by atoms with Crippen molar-refractivity contribution < 1.29 is 8.68 Å². The lowest BCUT2D eigenvalue weighted by atomic mass is 9.74. The third-order valence-corrected chi connectivity index (χ3v) is 8.74. The van der Waals surface area contributed by atoms with Crippen molar-refractivity contribution >= 4 is 46.6 Å². The molecule has 0 atom stereocenters. The van der Waals surface area contributed by atoms with Gasteiger partial charge in [-0.15, -0.1) is 0 Å². The number of pyridine rings is 1. The Morgan fingerprint density at radius 1 is 1.03 bits per heavy atom. The first kappa shape index (κ1) is 24.9. The minimum atomic E-state index is -0.628. The van der Waals surface area contributed by atoms with Crippen LogP contribution in [0.25, 0.3) is 10.9 Å². The number of halogens is 1. The first-order valence-corrected chi connectivity index (χ1v) is 14.0. The lowest BCUT2D eigenvalue weighted by Crippen LogP contribution is -2.47. The molecule has 0 radical (unpaired) electrons. The molecule has 0 bridgehead atoms. The van der Waals surface area contributed by atoms with Crippen molar-refractivity contribution in [2.45, 2.75) is 23.2 Å². The Morgan fingerprint density at radius 3 is 2.36 bits per heavy atom. The number of benzene rings is 2. The van der Waals surface area contributed by atoms with Crippen LogP contribution in [0.4, 0.5) is 9.57 Å². The molecule has 0 saturated carbocycles. The van der Waals surface area contributed by atoms with Crippen LogP contribution in [0.2, 0.25) is 0 Å². The quantitative estimate of drug-likeness (QED) is 0.422. The molecule has 2 aliphatic heterocycles. The molecule has 1 aromatic heterocycles. The molecule has 2 fully saturated rings. The van der Waals surface area contributed by atoms with Gasteiger partial charge in [0.1, 0.15) is 0 Å². The molecule has 186 valence electrons. The second kappa shape index (κ2) is 10.7. The van der Waals surface area contributed by atoms with Gasteiger partial charge < -0.3 is 9.80 Å². The van der Waals surface area contributed by atoms with E-state index < -0.39 is 5.41 Å². The van der Waals surface area contributed by atoms with Gasteiger partial charge in [-0.3, -0.25) is 9.78 Å². The summed E-state index contributed by atoms with van der Waals surface area (Å²) < 4.78 is 15.2. The summed E-state index contributed by atoms with van der Waals surface area (Å²) >= 11 is 1.92. The number of fused-ring (bicyclic) bond motifs is 1. The van der Waals surface area contributed by atoms with Crippen LogP contribution in [0.15, 0.2) is 59.6 Å². The average Bonchev–Trinajstić information content (AvgIpc) is 2.96. The molecule has 6 nitrogen and oxygen atoms in total. The first-order chi connectivity index (χ1) is 17.6. The Morgan fingerprint density at radius 2 is 1.72 bits per heavy atom. The molecule has 2 saturated heterocycles. The number of aromatic nitrogens is 1. The monoisotopic (exact) mass is 521 g/mol. The molecule has 9 heteroatoms. The van der Waals surface area contributed by atoms with Crippen molar-refractivity contribution in [3.05, 3.63) is 65.9 Å². The predicted molar refractivity (Wildman–Crippen MR) is 145 cm³/mol. The fourth-order valence-corrected chi connectivity index (χ4v) is 6.04. The minimum absolute atomic E-state index is 0.0143. The Hall–Kier alpha value is -2.80. The molecular formula is C27H28FN5OS2. The third-order valence-electron chi connectivity index (χ3n) is 7.40. The van der Waals surface area contributed by atoms with Crippen molar-refractivity contribution in [3.63, 3.8) is 0 Å². The van der Waals surface area contributed by atoms with Gasteiger partial charge in [0.25, 0.3) is 5.91 Å². The van der Waals surface area contributed by atoms with Gasteiger partial charge >= 0.3 is 0 Å². The van der Waals surface area contributed by atoms with Crippen molar-refractivity contribution in [2.24, 2.45) is 0 Å². The number of para-hydroxylation sites is 1. The van der Waals surface area contributed by atoms with E-state index in [0.29, 0.717) is 49.5 Å². The van der Waals surface area contributed by atoms with E-state index in [1.807, 2.05) is 41.3 Å². The van der Waals surface area contributed by atoms with Crippen LogP contribution in [-0.2, 0) is 5.41 Å². The molecule has 0 spiro atoms. The molecule has 3 heterocycles. The highest BCUT2D eigenvalue weighted by atomic mass is 32.2. The van der Waals surface area contributed by atoms with E-state index in [9.17, 15) is 13.9 Å². The molecule has 0 aliphatic carbocycles. The maximum absolute atomic E-state index is 13.7. The van der Waals surface area contributed by atoms with Gasteiger partial charge in [0.05, 0.1) is 40.4 Å². The van der Waals surface area contributed by atoms with Crippen molar-refractivity contribution in [2.75, 3.05) is 50.4 Å². The number of piperazine rings is 1. The van der Waals surface area contributed by atoms with Crippen LogP contribution in [0.1, 0.15) is 28.8 Å². The van der Waals surface area contributed by atoms with E-state index in [2.05, 4.69) is 26.5 Å². The third kappa shape index (κ3) is 4.65. The number of carbonyl (C=O) groups is 1. The van der Waals surface area contributed by atoms with Crippen molar-refractivity contribution in [1.29, 1.82) is 5.26 Å². The maximum Gasteiger partial charge on any atom is 0.257 e. The van der Waals surface area contributed by atoms with Crippen LogP contribution in [0.3, 0.4) is 0 Å². The van der Waals surface area contributed by atoms with Gasteiger partial charge in [0.2, 0.25) is 0 Å². The molecule has 2 aliphatic rings. The van der Waals surface area contributed by atoms with Crippen LogP contribution >= 0.6 is 24.1 Å². The van der Waals surface area contributed by atoms with Gasteiger partial charge in [-0.25, -0.2) is 4.31 Å². The van der Waals surface area contributed by atoms with Gasteiger partial charge in [-0.2, -0.15) is 9.15 Å². The molecule has 0 unspecified atom stereocenters. The number of carbonyl (C=O) groups excluding carboxylic acids is 1. The molecule has 2 aromatic carbocycles. The van der Waals surface area contributed by atoms with Gasteiger partial charge in [-0.05, 0) is 42.9 Å². The fourth-order valence-electron chi connectivity index (χ4n) is 5.27. The summed E-state index contributed by atoms with van der Waals surface area (Å²) in [5.41, 5.74) is 2.68. The molecule has 5 rings (SSSR count). The largest absolute Gasteiger partial charge is 0.370 e. The summed E-state index contributed by atoms with van der Waals surface area (Å²) in [6.07, 6.45) is 5.04. The average molecular weight is 522 g/mol.